The SMILES string of the molecule is Cc1cc(Cl)cc(/C=C2\CCN(C(=O)Nc3nnc(-c4ccccc4)o3)CC2C)c1. The highest BCUT2D eigenvalue weighted by Crippen LogP contribution is 2.27. The summed E-state index contributed by atoms with van der Waals surface area (Å²) in [6, 6.07) is 15.3. The normalized spacial score (nSPS) is 17.9. The van der Waals surface area contributed by atoms with Gasteiger partial charge in [-0.25, -0.2) is 4.79 Å². The van der Waals surface area contributed by atoms with Gasteiger partial charge in [-0.1, -0.05) is 59.5 Å². The van der Waals surface area contributed by atoms with E-state index in [9.17, 15) is 4.79 Å². The number of piperidine rings is 1. The first kappa shape index (κ1) is 20.2. The molecular weight excluding hydrogens is 400 g/mol. The Balaban J connectivity index is 1.39. The third-order valence-corrected chi connectivity index (χ3v) is 5.38. The lowest BCUT2D eigenvalue weighted by Crippen LogP contribution is -2.42. The van der Waals surface area contributed by atoms with Gasteiger partial charge < -0.3 is 9.32 Å². The van der Waals surface area contributed by atoms with E-state index in [1.54, 1.807) is 4.90 Å². The molecule has 7 heteroatoms. The number of carbonyl (C=O) groups is 1. The molecule has 1 unspecified atom stereocenters. The number of benzene rings is 2. The summed E-state index contributed by atoms with van der Waals surface area (Å²) >= 11 is 6.18. The first-order valence-corrected chi connectivity index (χ1v) is 10.3. The number of anilines is 1. The van der Waals surface area contributed by atoms with Gasteiger partial charge in [-0.05, 0) is 54.7 Å². The van der Waals surface area contributed by atoms with E-state index in [0.29, 0.717) is 19.0 Å². The van der Waals surface area contributed by atoms with Gasteiger partial charge in [-0.15, -0.1) is 5.10 Å². The number of amides is 2. The van der Waals surface area contributed by atoms with E-state index in [4.69, 9.17) is 16.0 Å². The number of hydrogen-bond donors (Lipinski definition) is 1. The van der Waals surface area contributed by atoms with Crippen molar-refractivity contribution in [3.63, 3.8) is 0 Å². The van der Waals surface area contributed by atoms with Crippen LogP contribution in [-0.2, 0) is 0 Å². The minimum absolute atomic E-state index is 0.0993. The van der Waals surface area contributed by atoms with Crippen molar-refractivity contribution in [3.8, 4) is 11.5 Å². The number of hydrogen-bond acceptors (Lipinski definition) is 4. The minimum atomic E-state index is -0.234. The molecule has 3 aromatic rings. The molecule has 0 spiro atoms. The molecule has 1 aliphatic rings. The zero-order chi connectivity index (χ0) is 21.1. The number of rotatable bonds is 3. The maximum atomic E-state index is 12.7. The smallest absolute Gasteiger partial charge is 0.325 e. The first-order valence-electron chi connectivity index (χ1n) is 9.90. The number of nitrogens with zero attached hydrogens (tertiary/aromatic N) is 3. The Morgan fingerprint density at radius 3 is 2.77 bits per heavy atom. The van der Waals surface area contributed by atoms with Crippen LogP contribution in [0, 0.1) is 12.8 Å². The van der Waals surface area contributed by atoms with Crippen LogP contribution in [0.15, 0.2) is 58.5 Å². The van der Waals surface area contributed by atoms with Crippen LogP contribution in [0.2, 0.25) is 5.02 Å². The molecule has 0 bridgehead atoms. The predicted octanol–water partition coefficient (Wildman–Crippen LogP) is 5.66. The summed E-state index contributed by atoms with van der Waals surface area (Å²) in [6.07, 6.45) is 2.99. The van der Waals surface area contributed by atoms with Gasteiger partial charge in [0.05, 0.1) is 0 Å². The van der Waals surface area contributed by atoms with Crippen LogP contribution in [0.1, 0.15) is 24.5 Å². The Morgan fingerprint density at radius 1 is 1.23 bits per heavy atom. The summed E-state index contributed by atoms with van der Waals surface area (Å²) in [5.41, 5.74) is 4.35. The molecule has 30 heavy (non-hydrogen) atoms. The maximum absolute atomic E-state index is 12.7. The Labute approximate surface area is 180 Å². The summed E-state index contributed by atoms with van der Waals surface area (Å²) in [4.78, 5) is 14.4. The molecule has 1 N–H and O–H groups in total. The summed E-state index contributed by atoms with van der Waals surface area (Å²) < 4.78 is 5.58. The molecule has 0 saturated carbocycles. The van der Waals surface area contributed by atoms with Crippen LogP contribution in [0.5, 0.6) is 0 Å². The summed E-state index contributed by atoms with van der Waals surface area (Å²) in [5, 5.41) is 11.4. The number of nitrogens with one attached hydrogen (secondary N) is 1. The Kier molecular flexibility index (Phi) is 5.86. The number of carbonyl (C=O) groups excluding carboxylic acids is 1. The fraction of sp³-hybridized carbons (Fsp3) is 0.261. The predicted molar refractivity (Wildman–Crippen MR) is 118 cm³/mol. The molecule has 1 saturated heterocycles. The molecule has 1 fully saturated rings. The lowest BCUT2D eigenvalue weighted by molar-refractivity contribution is 0.197. The number of urea groups is 1. The van der Waals surface area contributed by atoms with Crippen LogP contribution in [0.3, 0.4) is 0 Å². The fourth-order valence-electron chi connectivity index (χ4n) is 3.65. The Morgan fingerprint density at radius 2 is 2.03 bits per heavy atom. The Hall–Kier alpha value is -3.12. The highest BCUT2D eigenvalue weighted by molar-refractivity contribution is 6.30. The molecule has 6 nitrogen and oxygen atoms in total. The quantitative estimate of drug-likeness (QED) is 0.591. The van der Waals surface area contributed by atoms with Crippen LogP contribution >= 0.6 is 11.6 Å². The van der Waals surface area contributed by atoms with Crippen LogP contribution < -0.4 is 5.32 Å². The van der Waals surface area contributed by atoms with Crippen LogP contribution in [0.4, 0.5) is 10.8 Å². The molecule has 154 valence electrons. The zero-order valence-corrected chi connectivity index (χ0v) is 17.7. The van der Waals surface area contributed by atoms with E-state index < -0.39 is 0 Å². The van der Waals surface area contributed by atoms with Crippen molar-refractivity contribution in [2.24, 2.45) is 5.92 Å². The number of halogens is 1. The van der Waals surface area contributed by atoms with Crippen molar-refractivity contribution >= 4 is 29.7 Å². The largest absolute Gasteiger partial charge is 0.403 e. The lowest BCUT2D eigenvalue weighted by atomic mass is 9.91. The van der Waals surface area contributed by atoms with Gasteiger partial charge in [0.1, 0.15) is 0 Å². The molecule has 1 aromatic heterocycles. The highest BCUT2D eigenvalue weighted by atomic mass is 35.5. The van der Waals surface area contributed by atoms with E-state index in [1.165, 1.54) is 5.57 Å². The van der Waals surface area contributed by atoms with E-state index in [1.807, 2.05) is 49.4 Å². The van der Waals surface area contributed by atoms with E-state index >= 15 is 0 Å². The van der Waals surface area contributed by atoms with Crippen molar-refractivity contribution in [1.29, 1.82) is 0 Å². The minimum Gasteiger partial charge on any atom is -0.403 e. The molecule has 2 aromatic carbocycles. The molecular formula is C23H23ClN4O2. The second-order valence-corrected chi connectivity index (χ2v) is 8.02. The summed E-state index contributed by atoms with van der Waals surface area (Å²) in [5.74, 6) is 0.617. The summed E-state index contributed by atoms with van der Waals surface area (Å²) in [6.45, 7) is 5.41. The molecule has 0 radical (unpaired) electrons. The van der Waals surface area contributed by atoms with E-state index in [0.717, 1.165) is 28.1 Å². The number of aromatic nitrogens is 2. The standard InChI is InChI=1S/C23H23ClN4O2/c1-15-10-17(13-20(24)11-15)12-19-8-9-28(14-16(19)2)23(29)25-22-27-26-21(30-22)18-6-4-3-5-7-18/h3-7,10-13,16H,8-9,14H2,1-2H3,(H,25,27,29)/b19-12+. The number of likely N-dealkylation sites (tertiary alicyclic amines) is 1. The average Bonchev–Trinajstić information content (AvgIpc) is 3.18. The molecule has 0 aliphatic carbocycles. The van der Waals surface area contributed by atoms with Gasteiger partial charge in [0.25, 0.3) is 0 Å². The van der Waals surface area contributed by atoms with E-state index in [2.05, 4.69) is 34.6 Å². The molecule has 2 heterocycles. The average molecular weight is 423 g/mol. The van der Waals surface area contributed by atoms with Gasteiger partial charge in [-0.2, -0.15) is 0 Å². The molecule has 4 rings (SSSR count). The molecule has 2 amide bonds. The van der Waals surface area contributed by atoms with Gasteiger partial charge in [0.15, 0.2) is 0 Å². The van der Waals surface area contributed by atoms with Crippen molar-refractivity contribution < 1.29 is 9.21 Å². The van der Waals surface area contributed by atoms with Crippen molar-refractivity contribution in [3.05, 3.63) is 70.3 Å². The monoisotopic (exact) mass is 422 g/mol. The highest BCUT2D eigenvalue weighted by Gasteiger charge is 2.25. The maximum Gasteiger partial charge on any atom is 0.325 e. The third-order valence-electron chi connectivity index (χ3n) is 5.16. The second kappa shape index (κ2) is 8.71. The zero-order valence-electron chi connectivity index (χ0n) is 16.9. The van der Waals surface area contributed by atoms with Gasteiger partial charge in [0, 0.05) is 23.7 Å². The van der Waals surface area contributed by atoms with Gasteiger partial charge in [0.2, 0.25) is 5.89 Å². The van der Waals surface area contributed by atoms with Crippen LogP contribution in [-0.4, -0.2) is 34.2 Å². The second-order valence-electron chi connectivity index (χ2n) is 7.59. The van der Waals surface area contributed by atoms with Crippen molar-refractivity contribution in [2.75, 3.05) is 18.4 Å². The van der Waals surface area contributed by atoms with Crippen molar-refractivity contribution in [2.45, 2.75) is 20.3 Å². The van der Waals surface area contributed by atoms with Crippen molar-refractivity contribution in [1.82, 2.24) is 15.1 Å². The van der Waals surface area contributed by atoms with E-state index in [-0.39, 0.29) is 18.0 Å². The fourth-order valence-corrected chi connectivity index (χ4v) is 3.95. The third kappa shape index (κ3) is 4.71. The lowest BCUT2D eigenvalue weighted by Gasteiger charge is -2.32. The molecule has 1 aliphatic heterocycles. The van der Waals surface area contributed by atoms with Crippen LogP contribution in [0.25, 0.3) is 17.5 Å². The van der Waals surface area contributed by atoms with Gasteiger partial charge >= 0.3 is 12.0 Å². The number of aryl methyl sites for hydroxylation is 1. The Bertz CT molecular complexity index is 1060. The summed E-state index contributed by atoms with van der Waals surface area (Å²) in [7, 11) is 0. The topological polar surface area (TPSA) is 71.3 Å². The molecule has 1 atom stereocenters. The first-order chi connectivity index (χ1) is 14.5. The van der Waals surface area contributed by atoms with Gasteiger partial charge in [-0.3, -0.25) is 5.32 Å².